The van der Waals surface area contributed by atoms with Crippen molar-refractivity contribution in [2.75, 3.05) is 19.5 Å². The summed E-state index contributed by atoms with van der Waals surface area (Å²) in [6.07, 6.45) is 11.2. The summed E-state index contributed by atoms with van der Waals surface area (Å²) in [4.78, 5) is 11.3. The minimum atomic E-state index is -0.131. The lowest BCUT2D eigenvalue weighted by molar-refractivity contribution is 0.111. The number of aryl methyl sites for hydroxylation is 1. The molecule has 1 aromatic carbocycles. The third kappa shape index (κ3) is 6.34. The summed E-state index contributed by atoms with van der Waals surface area (Å²) in [5.74, 6) is 0.544. The Morgan fingerprint density at radius 3 is 2.08 bits per heavy atom. The van der Waals surface area contributed by atoms with Crippen molar-refractivity contribution in [1.82, 2.24) is 0 Å². The Morgan fingerprint density at radius 2 is 1.58 bits per heavy atom. The Balaban J connectivity index is 2.47. The summed E-state index contributed by atoms with van der Waals surface area (Å²) in [7, 11) is 2.97. The molecule has 1 aromatic rings. The second-order valence-electron chi connectivity index (χ2n) is 5.92. The highest BCUT2D eigenvalue weighted by Gasteiger charge is 2.18. The maximum atomic E-state index is 11.3. The van der Waals surface area contributed by atoms with Crippen molar-refractivity contribution < 1.29 is 19.4 Å². The molecule has 0 aliphatic rings. The highest BCUT2D eigenvalue weighted by molar-refractivity contribution is 9.09. The fourth-order valence-corrected chi connectivity index (χ4v) is 3.25. The third-order valence-electron chi connectivity index (χ3n) is 4.22. The van der Waals surface area contributed by atoms with Crippen LogP contribution in [0.1, 0.15) is 67.3 Å². The van der Waals surface area contributed by atoms with Crippen molar-refractivity contribution in [1.29, 1.82) is 0 Å². The zero-order valence-corrected chi connectivity index (χ0v) is 16.4. The smallest absolute Gasteiger partial charge is 0.203 e. The van der Waals surface area contributed by atoms with Gasteiger partial charge in [-0.1, -0.05) is 54.5 Å². The Hall–Kier alpha value is -1.23. The summed E-state index contributed by atoms with van der Waals surface area (Å²) in [5, 5.41) is 11.3. The summed E-state index contributed by atoms with van der Waals surface area (Å²) >= 11 is 3.45. The Bertz CT molecular complexity index is 503. The SMILES string of the molecule is COc1cc(CCCCCCCCCCBr)c(C=O)c(O)c1OC. The van der Waals surface area contributed by atoms with E-state index in [2.05, 4.69) is 15.9 Å². The van der Waals surface area contributed by atoms with Gasteiger partial charge in [-0.15, -0.1) is 0 Å². The average molecular weight is 401 g/mol. The molecule has 0 spiro atoms. The van der Waals surface area contributed by atoms with E-state index in [0.29, 0.717) is 17.6 Å². The van der Waals surface area contributed by atoms with E-state index in [4.69, 9.17) is 9.47 Å². The highest BCUT2D eigenvalue weighted by atomic mass is 79.9. The fraction of sp³-hybridized carbons (Fsp3) is 0.632. The summed E-state index contributed by atoms with van der Waals surface area (Å²) in [5.41, 5.74) is 1.12. The van der Waals surface area contributed by atoms with Crippen LogP contribution in [0.25, 0.3) is 0 Å². The number of benzene rings is 1. The molecule has 136 valence electrons. The molecule has 5 heteroatoms. The van der Waals surface area contributed by atoms with E-state index < -0.39 is 0 Å². The summed E-state index contributed by atoms with van der Waals surface area (Å²) in [6.45, 7) is 0. The molecule has 0 aliphatic heterocycles. The molecule has 0 saturated carbocycles. The van der Waals surface area contributed by atoms with Crippen LogP contribution >= 0.6 is 15.9 Å². The van der Waals surface area contributed by atoms with Crippen LogP contribution < -0.4 is 9.47 Å². The number of alkyl halides is 1. The maximum absolute atomic E-state index is 11.3. The number of phenolic OH excluding ortho intramolecular Hbond substituents is 1. The van der Waals surface area contributed by atoms with E-state index in [1.165, 1.54) is 52.7 Å². The fourth-order valence-electron chi connectivity index (χ4n) is 2.85. The number of hydrogen-bond acceptors (Lipinski definition) is 4. The molecule has 0 atom stereocenters. The number of methoxy groups -OCH3 is 2. The van der Waals surface area contributed by atoms with Crippen LogP contribution in [0.15, 0.2) is 6.07 Å². The Morgan fingerprint density at radius 1 is 1.00 bits per heavy atom. The second-order valence-corrected chi connectivity index (χ2v) is 6.71. The van der Waals surface area contributed by atoms with Gasteiger partial charge in [0, 0.05) is 5.33 Å². The summed E-state index contributed by atoms with van der Waals surface area (Å²) in [6, 6.07) is 1.79. The first-order valence-electron chi connectivity index (χ1n) is 8.67. The van der Waals surface area contributed by atoms with Gasteiger partial charge in [0.25, 0.3) is 0 Å². The van der Waals surface area contributed by atoms with Crippen LogP contribution in [0, 0.1) is 0 Å². The van der Waals surface area contributed by atoms with Crippen LogP contribution in [0.5, 0.6) is 17.2 Å². The van der Waals surface area contributed by atoms with E-state index in [0.717, 1.165) is 30.2 Å². The zero-order chi connectivity index (χ0) is 17.8. The molecule has 0 unspecified atom stereocenters. The summed E-state index contributed by atoms with van der Waals surface area (Å²) < 4.78 is 10.4. The molecule has 0 heterocycles. The normalized spacial score (nSPS) is 10.6. The van der Waals surface area contributed by atoms with Crippen molar-refractivity contribution in [2.45, 2.75) is 57.8 Å². The van der Waals surface area contributed by atoms with Gasteiger partial charge in [-0.3, -0.25) is 4.79 Å². The standard InChI is InChI=1S/C19H29BrO4/c1-23-17-13-15(16(14-21)18(22)19(17)24-2)11-9-7-5-3-4-6-8-10-12-20/h13-14,22H,3-12H2,1-2H3. The quantitative estimate of drug-likeness (QED) is 0.278. The number of phenols is 1. The minimum Gasteiger partial charge on any atom is -0.504 e. The van der Waals surface area contributed by atoms with E-state index >= 15 is 0 Å². The maximum Gasteiger partial charge on any atom is 0.203 e. The molecule has 1 N–H and O–H groups in total. The molecule has 0 radical (unpaired) electrons. The largest absolute Gasteiger partial charge is 0.504 e. The van der Waals surface area contributed by atoms with E-state index in [1.807, 2.05) is 0 Å². The van der Waals surface area contributed by atoms with Gasteiger partial charge < -0.3 is 14.6 Å². The van der Waals surface area contributed by atoms with Gasteiger partial charge in [0.15, 0.2) is 17.8 Å². The Labute approximate surface area is 153 Å². The number of unbranched alkanes of at least 4 members (excludes halogenated alkanes) is 7. The lowest BCUT2D eigenvalue weighted by Gasteiger charge is -2.14. The number of rotatable bonds is 13. The van der Waals surface area contributed by atoms with Crippen molar-refractivity contribution in [3.8, 4) is 17.2 Å². The van der Waals surface area contributed by atoms with Gasteiger partial charge in [-0.25, -0.2) is 0 Å². The Kier molecular flexibility index (Phi) is 10.6. The van der Waals surface area contributed by atoms with Crippen molar-refractivity contribution in [3.63, 3.8) is 0 Å². The minimum absolute atomic E-state index is 0.131. The first-order valence-corrected chi connectivity index (χ1v) is 9.79. The number of carbonyl (C=O) groups is 1. The number of halogens is 1. The number of aromatic hydroxyl groups is 1. The molecular formula is C19H29BrO4. The van der Waals surface area contributed by atoms with Crippen LogP contribution in [0.3, 0.4) is 0 Å². The molecule has 24 heavy (non-hydrogen) atoms. The van der Waals surface area contributed by atoms with Crippen molar-refractivity contribution in [3.05, 3.63) is 17.2 Å². The van der Waals surface area contributed by atoms with E-state index in [-0.39, 0.29) is 11.5 Å². The molecular weight excluding hydrogens is 372 g/mol. The van der Waals surface area contributed by atoms with Crippen LogP contribution in [0.4, 0.5) is 0 Å². The van der Waals surface area contributed by atoms with Gasteiger partial charge in [0.2, 0.25) is 5.75 Å². The molecule has 0 saturated heterocycles. The van der Waals surface area contributed by atoms with Crippen molar-refractivity contribution >= 4 is 22.2 Å². The number of ether oxygens (including phenoxy) is 2. The number of carbonyl (C=O) groups excluding carboxylic acids is 1. The van der Waals surface area contributed by atoms with E-state index in [1.54, 1.807) is 6.07 Å². The molecule has 1 rings (SSSR count). The third-order valence-corrected chi connectivity index (χ3v) is 4.78. The van der Waals surface area contributed by atoms with Gasteiger partial charge >= 0.3 is 0 Å². The first-order chi connectivity index (χ1) is 11.7. The molecule has 0 amide bonds. The van der Waals surface area contributed by atoms with Gasteiger partial charge in [0.05, 0.1) is 19.8 Å². The predicted octanol–water partition coefficient (Wildman–Crippen LogP) is 5.28. The van der Waals surface area contributed by atoms with Crippen molar-refractivity contribution in [2.24, 2.45) is 0 Å². The van der Waals surface area contributed by atoms with Gasteiger partial charge in [-0.05, 0) is 30.9 Å². The zero-order valence-electron chi connectivity index (χ0n) is 14.8. The van der Waals surface area contributed by atoms with Crippen LogP contribution in [0.2, 0.25) is 0 Å². The van der Waals surface area contributed by atoms with Gasteiger partial charge in [-0.2, -0.15) is 0 Å². The lowest BCUT2D eigenvalue weighted by Crippen LogP contribution is -1.99. The first kappa shape index (κ1) is 20.8. The number of hydrogen-bond donors (Lipinski definition) is 1. The number of aldehydes is 1. The van der Waals surface area contributed by atoms with Gasteiger partial charge in [0.1, 0.15) is 0 Å². The van der Waals surface area contributed by atoms with E-state index in [9.17, 15) is 9.90 Å². The monoisotopic (exact) mass is 400 g/mol. The molecule has 0 fully saturated rings. The van der Waals surface area contributed by atoms with Crippen LogP contribution in [-0.2, 0) is 6.42 Å². The second kappa shape index (κ2) is 12.2. The lowest BCUT2D eigenvalue weighted by atomic mass is 9.99. The molecule has 0 aliphatic carbocycles. The predicted molar refractivity (Wildman–Crippen MR) is 101 cm³/mol. The molecule has 0 bridgehead atoms. The average Bonchev–Trinajstić information content (AvgIpc) is 2.59. The topological polar surface area (TPSA) is 55.8 Å². The molecule has 0 aromatic heterocycles. The highest BCUT2D eigenvalue weighted by Crippen LogP contribution is 2.40. The molecule has 4 nitrogen and oxygen atoms in total. The van der Waals surface area contributed by atoms with Crippen LogP contribution in [-0.4, -0.2) is 30.9 Å².